The number of hydrogen-bond donors (Lipinski definition) is 2. The number of carboxylic acid groups (broad SMARTS) is 1. The lowest BCUT2D eigenvalue weighted by Crippen LogP contribution is -2.04. The smallest absolute Gasteiger partial charge is 0.354 e. The number of pyridine rings is 1. The monoisotopic (exact) mass is 181 g/mol. The van der Waals surface area contributed by atoms with E-state index >= 15 is 0 Å². The van der Waals surface area contributed by atoms with Crippen LogP contribution in [0.4, 0.5) is 0 Å². The molecule has 1 aromatic rings. The molecule has 2 N–H and O–H groups in total. The van der Waals surface area contributed by atoms with Crippen molar-refractivity contribution in [2.75, 3.05) is 0 Å². The second-order valence-corrected chi connectivity index (χ2v) is 2.91. The minimum atomic E-state index is -1.08. The van der Waals surface area contributed by atoms with Crippen LogP contribution in [0.2, 0.25) is 0 Å². The number of rotatable bonds is 2. The summed E-state index contributed by atoms with van der Waals surface area (Å²) in [5.41, 5.74) is 1.36. The van der Waals surface area contributed by atoms with E-state index in [-0.39, 0.29) is 5.69 Å². The van der Waals surface area contributed by atoms with E-state index in [1.165, 1.54) is 12.3 Å². The third kappa shape index (κ3) is 2.03. The van der Waals surface area contributed by atoms with Gasteiger partial charge in [-0.1, -0.05) is 0 Å². The SMILES string of the molecule is Cc1cnc(C(=O)O)cc1C(C)O. The molecule has 0 spiro atoms. The van der Waals surface area contributed by atoms with Gasteiger partial charge in [0.05, 0.1) is 6.10 Å². The average molecular weight is 181 g/mol. The number of hydrogen-bond acceptors (Lipinski definition) is 3. The van der Waals surface area contributed by atoms with Crippen LogP contribution in [0.1, 0.15) is 34.6 Å². The Bertz CT molecular complexity index is 334. The van der Waals surface area contributed by atoms with Gasteiger partial charge in [-0.2, -0.15) is 0 Å². The lowest BCUT2D eigenvalue weighted by atomic mass is 10.1. The number of nitrogens with zero attached hydrogens (tertiary/aromatic N) is 1. The van der Waals surface area contributed by atoms with Gasteiger partial charge in [-0.3, -0.25) is 0 Å². The highest BCUT2D eigenvalue weighted by molar-refractivity contribution is 5.85. The van der Waals surface area contributed by atoms with E-state index in [9.17, 15) is 9.90 Å². The first-order chi connectivity index (χ1) is 6.02. The molecule has 1 heterocycles. The molecule has 1 unspecified atom stereocenters. The zero-order valence-corrected chi connectivity index (χ0v) is 7.48. The quantitative estimate of drug-likeness (QED) is 0.717. The maximum Gasteiger partial charge on any atom is 0.354 e. The van der Waals surface area contributed by atoms with E-state index in [4.69, 9.17) is 5.11 Å². The molecule has 4 heteroatoms. The van der Waals surface area contributed by atoms with Gasteiger partial charge in [0.2, 0.25) is 0 Å². The Hall–Kier alpha value is -1.42. The molecule has 0 radical (unpaired) electrons. The molecule has 0 saturated heterocycles. The van der Waals surface area contributed by atoms with Gasteiger partial charge in [0.1, 0.15) is 5.69 Å². The molecule has 0 saturated carbocycles. The van der Waals surface area contributed by atoms with Crippen molar-refractivity contribution in [3.05, 3.63) is 29.1 Å². The van der Waals surface area contributed by atoms with Gasteiger partial charge in [0, 0.05) is 6.20 Å². The molecule has 0 amide bonds. The van der Waals surface area contributed by atoms with Crippen LogP contribution in [0.5, 0.6) is 0 Å². The van der Waals surface area contributed by atoms with Crippen LogP contribution in [0, 0.1) is 6.92 Å². The lowest BCUT2D eigenvalue weighted by molar-refractivity contribution is 0.0690. The predicted molar refractivity (Wildman–Crippen MR) is 46.6 cm³/mol. The Morgan fingerprint density at radius 2 is 2.23 bits per heavy atom. The van der Waals surface area contributed by atoms with Gasteiger partial charge >= 0.3 is 5.97 Å². The summed E-state index contributed by atoms with van der Waals surface area (Å²) in [5.74, 6) is -1.08. The van der Waals surface area contributed by atoms with Crippen LogP contribution in [0.15, 0.2) is 12.3 Å². The molecule has 4 nitrogen and oxygen atoms in total. The van der Waals surface area contributed by atoms with E-state index < -0.39 is 12.1 Å². The number of aryl methyl sites for hydroxylation is 1. The van der Waals surface area contributed by atoms with Gasteiger partial charge in [0.25, 0.3) is 0 Å². The summed E-state index contributed by atoms with van der Waals surface area (Å²) in [7, 11) is 0. The molecular weight excluding hydrogens is 170 g/mol. The Kier molecular flexibility index (Phi) is 2.63. The summed E-state index contributed by atoms with van der Waals surface area (Å²) >= 11 is 0. The van der Waals surface area contributed by atoms with E-state index in [1.54, 1.807) is 13.8 Å². The Labute approximate surface area is 75.9 Å². The van der Waals surface area contributed by atoms with Crippen molar-refractivity contribution in [1.82, 2.24) is 4.98 Å². The molecule has 0 bridgehead atoms. The highest BCUT2D eigenvalue weighted by Crippen LogP contribution is 2.16. The van der Waals surface area contributed by atoms with Gasteiger partial charge in [0.15, 0.2) is 0 Å². The highest BCUT2D eigenvalue weighted by Gasteiger charge is 2.10. The largest absolute Gasteiger partial charge is 0.477 e. The molecule has 0 aliphatic heterocycles. The van der Waals surface area contributed by atoms with E-state index in [1.807, 2.05) is 0 Å². The first-order valence-corrected chi connectivity index (χ1v) is 3.90. The van der Waals surface area contributed by atoms with Gasteiger partial charge in [-0.05, 0) is 31.0 Å². The van der Waals surface area contributed by atoms with Crippen LogP contribution in [0.25, 0.3) is 0 Å². The maximum atomic E-state index is 10.5. The second-order valence-electron chi connectivity index (χ2n) is 2.91. The number of aromatic nitrogens is 1. The summed E-state index contributed by atoms with van der Waals surface area (Å²) in [6.45, 7) is 3.37. The first kappa shape index (κ1) is 9.67. The summed E-state index contributed by atoms with van der Waals surface area (Å²) < 4.78 is 0. The summed E-state index contributed by atoms with van der Waals surface area (Å²) in [5, 5.41) is 17.9. The Morgan fingerprint density at radius 1 is 1.62 bits per heavy atom. The molecule has 0 aliphatic rings. The van der Waals surface area contributed by atoms with Crippen molar-refractivity contribution < 1.29 is 15.0 Å². The normalized spacial score (nSPS) is 12.5. The van der Waals surface area contributed by atoms with Crippen LogP contribution < -0.4 is 0 Å². The predicted octanol–water partition coefficient (Wildman–Crippen LogP) is 1.14. The fourth-order valence-corrected chi connectivity index (χ4v) is 1.11. The maximum absolute atomic E-state index is 10.5. The minimum absolute atomic E-state index is 0.0403. The molecular formula is C9H11NO3. The van der Waals surface area contributed by atoms with Crippen molar-refractivity contribution in [3.8, 4) is 0 Å². The van der Waals surface area contributed by atoms with E-state index in [2.05, 4.69) is 4.98 Å². The Morgan fingerprint density at radius 3 is 2.69 bits per heavy atom. The fourth-order valence-electron chi connectivity index (χ4n) is 1.11. The number of carbonyl (C=O) groups is 1. The molecule has 1 rings (SSSR count). The molecule has 0 aliphatic carbocycles. The summed E-state index contributed by atoms with van der Waals surface area (Å²) in [4.78, 5) is 14.3. The number of aliphatic hydroxyl groups is 1. The number of carboxylic acids is 1. The van der Waals surface area contributed by atoms with Crippen molar-refractivity contribution >= 4 is 5.97 Å². The topological polar surface area (TPSA) is 70.4 Å². The van der Waals surface area contributed by atoms with E-state index in [0.29, 0.717) is 5.56 Å². The van der Waals surface area contributed by atoms with Gasteiger partial charge in [-0.15, -0.1) is 0 Å². The van der Waals surface area contributed by atoms with Gasteiger partial charge < -0.3 is 10.2 Å². The van der Waals surface area contributed by atoms with Crippen molar-refractivity contribution in [2.45, 2.75) is 20.0 Å². The first-order valence-electron chi connectivity index (χ1n) is 3.90. The zero-order chi connectivity index (χ0) is 10.0. The molecule has 13 heavy (non-hydrogen) atoms. The molecule has 0 fully saturated rings. The van der Waals surface area contributed by atoms with Crippen LogP contribution in [0.3, 0.4) is 0 Å². The standard InChI is InChI=1S/C9H11NO3/c1-5-4-10-8(9(12)13)3-7(5)6(2)11/h3-4,6,11H,1-2H3,(H,12,13). The molecule has 70 valence electrons. The molecule has 1 atom stereocenters. The third-order valence-corrected chi connectivity index (χ3v) is 1.81. The number of aliphatic hydroxyl groups excluding tert-OH is 1. The summed E-state index contributed by atoms with van der Waals surface area (Å²) in [6.07, 6.45) is 0.784. The van der Waals surface area contributed by atoms with Crippen molar-refractivity contribution in [3.63, 3.8) is 0 Å². The fraction of sp³-hybridized carbons (Fsp3) is 0.333. The van der Waals surface area contributed by atoms with Crippen LogP contribution in [-0.2, 0) is 0 Å². The molecule has 0 aromatic carbocycles. The molecule has 1 aromatic heterocycles. The minimum Gasteiger partial charge on any atom is -0.477 e. The van der Waals surface area contributed by atoms with E-state index in [0.717, 1.165) is 5.56 Å². The van der Waals surface area contributed by atoms with Gasteiger partial charge in [-0.25, -0.2) is 9.78 Å². The van der Waals surface area contributed by atoms with Crippen LogP contribution in [-0.4, -0.2) is 21.2 Å². The van der Waals surface area contributed by atoms with Crippen molar-refractivity contribution in [1.29, 1.82) is 0 Å². The Balaban J connectivity index is 3.19. The zero-order valence-electron chi connectivity index (χ0n) is 7.48. The average Bonchev–Trinajstić information content (AvgIpc) is 2.04. The lowest BCUT2D eigenvalue weighted by Gasteiger charge is -2.08. The highest BCUT2D eigenvalue weighted by atomic mass is 16.4. The van der Waals surface area contributed by atoms with Crippen LogP contribution >= 0.6 is 0 Å². The second kappa shape index (κ2) is 3.53. The van der Waals surface area contributed by atoms with Crippen molar-refractivity contribution in [2.24, 2.45) is 0 Å². The third-order valence-electron chi connectivity index (χ3n) is 1.81. The number of aromatic carboxylic acids is 1. The summed E-state index contributed by atoms with van der Waals surface area (Å²) in [6, 6.07) is 1.39.